The smallest absolute Gasteiger partial charge is 0.196 e. The van der Waals surface area contributed by atoms with Crippen molar-refractivity contribution in [3.05, 3.63) is 89.0 Å². The van der Waals surface area contributed by atoms with E-state index >= 15 is 0 Å². The molecule has 4 nitrogen and oxygen atoms in total. The van der Waals surface area contributed by atoms with Crippen LogP contribution >= 0.6 is 0 Å². The number of nitrogens with zero attached hydrogens (tertiary/aromatic N) is 1. The van der Waals surface area contributed by atoms with Crippen LogP contribution in [-0.4, -0.2) is 24.2 Å². The number of benzene rings is 3. The summed E-state index contributed by atoms with van der Waals surface area (Å²) >= 11 is 0. The van der Waals surface area contributed by atoms with Crippen molar-refractivity contribution in [3.63, 3.8) is 0 Å². The summed E-state index contributed by atoms with van der Waals surface area (Å²) in [5.74, 6) is -0.120. The first-order valence-corrected chi connectivity index (χ1v) is 13.1. The molecule has 0 bridgehead atoms. The fourth-order valence-electron chi connectivity index (χ4n) is 5.53. The predicted molar refractivity (Wildman–Crippen MR) is 143 cm³/mol. The van der Waals surface area contributed by atoms with Gasteiger partial charge in [-0.3, -0.25) is 9.59 Å². The average Bonchev–Trinajstić information content (AvgIpc) is 2.91. The van der Waals surface area contributed by atoms with E-state index in [1.54, 1.807) is 12.1 Å². The number of para-hydroxylation sites is 1. The lowest BCUT2D eigenvalue weighted by Crippen LogP contribution is -2.29. The van der Waals surface area contributed by atoms with Gasteiger partial charge in [0.15, 0.2) is 11.6 Å². The molecule has 2 aliphatic rings. The first-order valence-electron chi connectivity index (χ1n) is 13.1. The maximum atomic E-state index is 14.0. The molecular weight excluding hydrogens is 432 g/mol. The Morgan fingerprint density at radius 3 is 2.11 bits per heavy atom. The van der Waals surface area contributed by atoms with E-state index in [-0.39, 0.29) is 11.6 Å². The first kappa shape index (κ1) is 23.3. The zero-order chi connectivity index (χ0) is 24.2. The van der Waals surface area contributed by atoms with Crippen LogP contribution < -0.4 is 10.2 Å². The molecule has 3 aromatic rings. The van der Waals surface area contributed by atoms with Gasteiger partial charge < -0.3 is 10.2 Å². The molecule has 35 heavy (non-hydrogen) atoms. The summed E-state index contributed by atoms with van der Waals surface area (Å²) in [7, 11) is 0. The molecule has 0 atom stereocenters. The van der Waals surface area contributed by atoms with E-state index in [2.05, 4.69) is 29.3 Å². The summed E-state index contributed by atoms with van der Waals surface area (Å²) in [6, 6.07) is 21.9. The van der Waals surface area contributed by atoms with Crippen LogP contribution in [0.15, 0.2) is 66.7 Å². The summed E-state index contributed by atoms with van der Waals surface area (Å²) in [6.07, 6.45) is 9.12. The molecular formula is C31H34N2O2. The molecule has 5 rings (SSSR count). The Kier molecular flexibility index (Phi) is 6.98. The van der Waals surface area contributed by atoms with E-state index in [9.17, 15) is 9.59 Å². The van der Waals surface area contributed by atoms with E-state index in [4.69, 9.17) is 0 Å². The molecule has 1 fully saturated rings. The second kappa shape index (κ2) is 10.5. The minimum absolute atomic E-state index is 0.0584. The minimum atomic E-state index is -0.0612. The van der Waals surface area contributed by atoms with E-state index in [1.807, 2.05) is 42.5 Å². The Hall–Kier alpha value is -3.40. The summed E-state index contributed by atoms with van der Waals surface area (Å²) in [4.78, 5) is 30.1. The first-order chi connectivity index (χ1) is 17.2. The molecule has 180 valence electrons. The monoisotopic (exact) mass is 466 g/mol. The fraction of sp³-hybridized carbons (Fsp3) is 0.355. The molecule has 1 N–H and O–H groups in total. The second-order valence-electron chi connectivity index (χ2n) is 9.76. The van der Waals surface area contributed by atoms with Crippen molar-refractivity contribution in [2.75, 3.05) is 16.8 Å². The summed E-state index contributed by atoms with van der Waals surface area (Å²) in [5, 5.41) is 3.66. The van der Waals surface area contributed by atoms with Crippen LogP contribution in [0.3, 0.4) is 0 Å². The maximum absolute atomic E-state index is 14.0. The number of hydrogen-bond donors (Lipinski definition) is 1. The van der Waals surface area contributed by atoms with Crippen molar-refractivity contribution in [2.24, 2.45) is 0 Å². The van der Waals surface area contributed by atoms with Gasteiger partial charge in [0, 0.05) is 35.1 Å². The Balaban J connectivity index is 1.65. The van der Waals surface area contributed by atoms with Crippen LogP contribution in [0.4, 0.5) is 17.1 Å². The van der Waals surface area contributed by atoms with E-state index in [0.29, 0.717) is 28.3 Å². The van der Waals surface area contributed by atoms with Crippen molar-refractivity contribution < 1.29 is 9.59 Å². The van der Waals surface area contributed by atoms with Crippen molar-refractivity contribution in [2.45, 2.75) is 64.3 Å². The Morgan fingerprint density at radius 2 is 1.43 bits per heavy atom. The van der Waals surface area contributed by atoms with Gasteiger partial charge in [-0.1, -0.05) is 81.5 Å². The van der Waals surface area contributed by atoms with Crippen LogP contribution in [0.2, 0.25) is 0 Å². The van der Waals surface area contributed by atoms with E-state index in [1.165, 1.54) is 19.3 Å². The average molecular weight is 467 g/mol. The lowest BCUT2D eigenvalue weighted by molar-refractivity contribution is 0.0980. The van der Waals surface area contributed by atoms with Gasteiger partial charge in [0.1, 0.15) is 0 Å². The highest BCUT2D eigenvalue weighted by Gasteiger charge is 2.35. The predicted octanol–water partition coefficient (Wildman–Crippen LogP) is 7.53. The molecule has 0 radical (unpaired) electrons. The topological polar surface area (TPSA) is 49.4 Å². The van der Waals surface area contributed by atoms with Gasteiger partial charge in [0.05, 0.1) is 16.8 Å². The van der Waals surface area contributed by atoms with Gasteiger partial charge >= 0.3 is 0 Å². The molecule has 0 unspecified atom stereocenters. The van der Waals surface area contributed by atoms with Gasteiger partial charge in [0.25, 0.3) is 0 Å². The quantitative estimate of drug-likeness (QED) is 0.273. The number of ketones is 2. The van der Waals surface area contributed by atoms with Gasteiger partial charge in [-0.25, -0.2) is 0 Å². The molecule has 0 spiro atoms. The van der Waals surface area contributed by atoms with Crippen LogP contribution in [-0.2, 0) is 0 Å². The van der Waals surface area contributed by atoms with Crippen LogP contribution in [0.1, 0.15) is 90.1 Å². The molecule has 3 aromatic carbocycles. The third-order valence-corrected chi connectivity index (χ3v) is 7.36. The number of carbonyl (C=O) groups is 2. The van der Waals surface area contributed by atoms with Gasteiger partial charge in [-0.15, -0.1) is 0 Å². The van der Waals surface area contributed by atoms with Crippen molar-refractivity contribution in [3.8, 4) is 0 Å². The maximum Gasteiger partial charge on any atom is 0.196 e. The highest BCUT2D eigenvalue weighted by molar-refractivity contribution is 6.32. The Bertz CT molecular complexity index is 1210. The standard InChI is InChI=1S/C31H34N2O2/c1-2-3-12-21-33(23-15-8-5-9-16-23)27-20-19-26(32-22-13-6-4-7-14-22)28-29(27)31(35)25-18-11-10-17-24(25)30(28)34/h5,8-11,15-20,22,32H,2-4,6-7,12-14,21H2,1H3. The normalized spacial score (nSPS) is 15.5. The van der Waals surface area contributed by atoms with E-state index in [0.717, 1.165) is 55.7 Å². The number of carbonyl (C=O) groups excluding carboxylic acids is 2. The summed E-state index contributed by atoms with van der Waals surface area (Å²) < 4.78 is 0. The largest absolute Gasteiger partial charge is 0.382 e. The molecule has 0 aliphatic heterocycles. The van der Waals surface area contributed by atoms with Crippen LogP contribution in [0.5, 0.6) is 0 Å². The zero-order valence-corrected chi connectivity index (χ0v) is 20.6. The number of fused-ring (bicyclic) bond motifs is 2. The summed E-state index contributed by atoms with van der Waals surface area (Å²) in [6.45, 7) is 2.99. The van der Waals surface area contributed by atoms with Crippen molar-refractivity contribution in [1.82, 2.24) is 0 Å². The molecule has 0 saturated heterocycles. The van der Waals surface area contributed by atoms with Gasteiger partial charge in [-0.2, -0.15) is 0 Å². The summed E-state index contributed by atoms with van der Waals surface area (Å²) in [5.41, 5.74) is 4.74. The highest BCUT2D eigenvalue weighted by Crippen LogP contribution is 2.41. The molecule has 0 heterocycles. The number of unbranched alkanes of at least 4 members (excludes halogenated alkanes) is 2. The molecule has 0 amide bonds. The number of rotatable bonds is 8. The fourth-order valence-corrected chi connectivity index (χ4v) is 5.53. The Morgan fingerprint density at radius 1 is 0.771 bits per heavy atom. The Labute approximate surface area is 208 Å². The third kappa shape index (κ3) is 4.62. The number of hydrogen-bond acceptors (Lipinski definition) is 4. The number of nitrogens with one attached hydrogen (secondary N) is 1. The van der Waals surface area contributed by atoms with Crippen LogP contribution in [0.25, 0.3) is 0 Å². The van der Waals surface area contributed by atoms with Gasteiger partial charge in [-0.05, 0) is 43.5 Å². The number of anilines is 3. The molecule has 0 aromatic heterocycles. The van der Waals surface area contributed by atoms with E-state index < -0.39 is 0 Å². The lowest BCUT2D eigenvalue weighted by Gasteiger charge is -2.32. The van der Waals surface area contributed by atoms with Crippen molar-refractivity contribution >= 4 is 28.6 Å². The van der Waals surface area contributed by atoms with Gasteiger partial charge in [0.2, 0.25) is 0 Å². The highest BCUT2D eigenvalue weighted by atomic mass is 16.1. The minimum Gasteiger partial charge on any atom is -0.382 e. The SMILES string of the molecule is CCCCCN(c1ccccc1)c1ccc(NC2CCCCC2)c2c1C(=O)c1ccccc1C2=O. The lowest BCUT2D eigenvalue weighted by atomic mass is 9.81. The zero-order valence-electron chi connectivity index (χ0n) is 20.6. The third-order valence-electron chi connectivity index (χ3n) is 7.36. The molecule has 2 aliphatic carbocycles. The second-order valence-corrected chi connectivity index (χ2v) is 9.76. The van der Waals surface area contributed by atoms with Crippen molar-refractivity contribution in [1.29, 1.82) is 0 Å². The van der Waals surface area contributed by atoms with Crippen LogP contribution in [0, 0.1) is 0 Å². The molecule has 4 heteroatoms. The molecule has 1 saturated carbocycles.